The number of rotatable bonds is 9. The molecule has 0 saturated heterocycles. The average molecular weight is 406 g/mol. The minimum absolute atomic E-state index is 0.271. The summed E-state index contributed by atoms with van der Waals surface area (Å²) in [4.78, 5) is 12.1. The lowest BCUT2D eigenvalue weighted by atomic mass is 10.2. The third-order valence-corrected chi connectivity index (χ3v) is 4.17. The smallest absolute Gasteiger partial charge is 0.271 e. The van der Waals surface area contributed by atoms with Crippen molar-refractivity contribution in [1.82, 2.24) is 5.43 Å². The maximum atomic E-state index is 12.9. The van der Waals surface area contributed by atoms with Crippen LogP contribution in [0.25, 0.3) is 0 Å². The molecule has 0 radical (unpaired) electrons. The molecule has 0 unspecified atom stereocenters. The predicted molar refractivity (Wildman–Crippen MR) is 114 cm³/mol. The standard InChI is InChI=1S/C24H23FN2O3/c1-2-15-29-22-13-7-20(8-14-22)24(28)27-26-16-18-5-11-23(12-6-18)30-17-19-3-9-21(25)10-4-19/h3-14,16H,2,15,17H2,1H3,(H,27,28)/b26-16+. The van der Waals surface area contributed by atoms with Crippen LogP contribution in [-0.2, 0) is 6.61 Å². The molecule has 0 aliphatic heterocycles. The summed E-state index contributed by atoms with van der Waals surface area (Å²) in [5, 5.41) is 3.99. The van der Waals surface area contributed by atoms with Gasteiger partial charge in [0, 0.05) is 5.56 Å². The Morgan fingerprint density at radius 2 is 1.57 bits per heavy atom. The summed E-state index contributed by atoms with van der Waals surface area (Å²) in [6.45, 7) is 3.03. The Morgan fingerprint density at radius 1 is 0.933 bits per heavy atom. The van der Waals surface area contributed by atoms with Crippen LogP contribution in [0.3, 0.4) is 0 Å². The highest BCUT2D eigenvalue weighted by molar-refractivity contribution is 5.95. The Labute approximate surface area is 175 Å². The van der Waals surface area contributed by atoms with Gasteiger partial charge in [0.1, 0.15) is 23.9 Å². The van der Waals surface area contributed by atoms with Crippen molar-refractivity contribution in [3.05, 3.63) is 95.3 Å². The van der Waals surface area contributed by atoms with Crippen LogP contribution in [0.15, 0.2) is 77.9 Å². The van der Waals surface area contributed by atoms with E-state index in [9.17, 15) is 9.18 Å². The topological polar surface area (TPSA) is 59.9 Å². The van der Waals surface area contributed by atoms with Crippen molar-refractivity contribution >= 4 is 12.1 Å². The minimum atomic E-state index is -0.299. The fraction of sp³-hybridized carbons (Fsp3) is 0.167. The van der Waals surface area contributed by atoms with E-state index < -0.39 is 0 Å². The fourth-order valence-electron chi connectivity index (χ4n) is 2.55. The molecule has 0 saturated carbocycles. The summed E-state index contributed by atoms with van der Waals surface area (Å²) < 4.78 is 24.1. The number of benzene rings is 3. The lowest BCUT2D eigenvalue weighted by Gasteiger charge is -2.06. The zero-order valence-corrected chi connectivity index (χ0v) is 16.7. The van der Waals surface area contributed by atoms with Gasteiger partial charge in [-0.1, -0.05) is 19.1 Å². The minimum Gasteiger partial charge on any atom is -0.494 e. The number of hydrogen-bond acceptors (Lipinski definition) is 4. The summed E-state index contributed by atoms with van der Waals surface area (Å²) in [5.74, 6) is 0.851. The van der Waals surface area contributed by atoms with Gasteiger partial charge in [-0.3, -0.25) is 4.79 Å². The van der Waals surface area contributed by atoms with Crippen molar-refractivity contribution in [2.24, 2.45) is 5.10 Å². The normalized spacial score (nSPS) is 10.7. The molecular formula is C24H23FN2O3. The van der Waals surface area contributed by atoms with Gasteiger partial charge in [-0.05, 0) is 78.2 Å². The summed E-state index contributed by atoms with van der Waals surface area (Å²) in [6.07, 6.45) is 2.48. The molecule has 3 rings (SSSR count). The van der Waals surface area contributed by atoms with Gasteiger partial charge in [0.05, 0.1) is 12.8 Å². The number of ether oxygens (including phenoxy) is 2. The van der Waals surface area contributed by atoms with Crippen molar-refractivity contribution < 1.29 is 18.7 Å². The Morgan fingerprint density at radius 3 is 2.23 bits per heavy atom. The number of nitrogens with zero attached hydrogens (tertiary/aromatic N) is 1. The van der Waals surface area contributed by atoms with E-state index in [0.29, 0.717) is 24.5 Å². The molecule has 0 bridgehead atoms. The quantitative estimate of drug-likeness (QED) is 0.404. The molecule has 154 valence electrons. The average Bonchev–Trinajstić information content (AvgIpc) is 2.78. The highest BCUT2D eigenvalue weighted by Gasteiger charge is 2.04. The molecule has 30 heavy (non-hydrogen) atoms. The van der Waals surface area contributed by atoms with Crippen LogP contribution in [0.2, 0.25) is 0 Å². The number of hydrazone groups is 1. The van der Waals surface area contributed by atoms with Gasteiger partial charge in [-0.2, -0.15) is 5.10 Å². The Kier molecular flexibility index (Phi) is 7.55. The summed E-state index contributed by atoms with van der Waals surface area (Å²) in [7, 11) is 0. The van der Waals surface area contributed by atoms with Crippen LogP contribution in [0, 0.1) is 5.82 Å². The third kappa shape index (κ3) is 6.44. The Hall–Kier alpha value is -3.67. The van der Waals surface area contributed by atoms with Crippen LogP contribution in [-0.4, -0.2) is 18.7 Å². The van der Waals surface area contributed by atoms with Gasteiger partial charge in [0.25, 0.3) is 5.91 Å². The van der Waals surface area contributed by atoms with Gasteiger partial charge in [0.2, 0.25) is 0 Å². The van der Waals surface area contributed by atoms with Crippen LogP contribution >= 0.6 is 0 Å². The number of carbonyl (C=O) groups excluding carboxylic acids is 1. The lowest BCUT2D eigenvalue weighted by molar-refractivity contribution is 0.0955. The van der Waals surface area contributed by atoms with Gasteiger partial charge in [-0.15, -0.1) is 0 Å². The molecule has 0 atom stereocenters. The van der Waals surface area contributed by atoms with E-state index in [-0.39, 0.29) is 11.7 Å². The third-order valence-electron chi connectivity index (χ3n) is 4.17. The number of hydrogen-bond donors (Lipinski definition) is 1. The van der Waals surface area contributed by atoms with Crippen LogP contribution in [0.1, 0.15) is 34.8 Å². The molecule has 0 heterocycles. The Balaban J connectivity index is 1.47. The number of amides is 1. The molecule has 0 aromatic heterocycles. The SMILES string of the molecule is CCCOc1ccc(C(=O)N/N=C/c2ccc(OCc3ccc(F)cc3)cc2)cc1. The second kappa shape index (κ2) is 10.8. The molecule has 5 nitrogen and oxygen atoms in total. The van der Waals surface area contributed by atoms with Crippen LogP contribution in [0.5, 0.6) is 11.5 Å². The summed E-state index contributed by atoms with van der Waals surface area (Å²) in [6, 6.07) is 20.4. The predicted octanol–water partition coefficient (Wildman–Crippen LogP) is 4.96. The Bertz CT molecular complexity index is 969. The van der Waals surface area contributed by atoms with Crippen molar-refractivity contribution in [3.63, 3.8) is 0 Å². The van der Waals surface area contributed by atoms with Gasteiger partial charge in [-0.25, -0.2) is 9.82 Å². The molecule has 0 aliphatic carbocycles. The molecule has 3 aromatic rings. The van der Waals surface area contributed by atoms with E-state index in [1.54, 1.807) is 42.6 Å². The second-order valence-electron chi connectivity index (χ2n) is 6.56. The van der Waals surface area contributed by atoms with Crippen LogP contribution < -0.4 is 14.9 Å². The van der Waals surface area contributed by atoms with E-state index in [2.05, 4.69) is 10.5 Å². The van der Waals surface area contributed by atoms with E-state index >= 15 is 0 Å². The first-order valence-corrected chi connectivity index (χ1v) is 9.67. The molecule has 0 spiro atoms. The van der Waals surface area contributed by atoms with E-state index in [1.165, 1.54) is 12.1 Å². The van der Waals surface area contributed by atoms with E-state index in [0.717, 1.165) is 23.3 Å². The fourth-order valence-corrected chi connectivity index (χ4v) is 2.55. The van der Waals surface area contributed by atoms with Gasteiger partial charge >= 0.3 is 0 Å². The zero-order chi connectivity index (χ0) is 21.2. The highest BCUT2D eigenvalue weighted by Crippen LogP contribution is 2.14. The van der Waals surface area contributed by atoms with E-state index in [1.807, 2.05) is 31.2 Å². The molecule has 3 aromatic carbocycles. The monoisotopic (exact) mass is 406 g/mol. The first-order valence-electron chi connectivity index (χ1n) is 9.67. The van der Waals surface area contributed by atoms with Gasteiger partial charge < -0.3 is 9.47 Å². The first kappa shape index (κ1) is 21.0. The largest absolute Gasteiger partial charge is 0.494 e. The molecule has 0 aliphatic rings. The maximum absolute atomic E-state index is 12.9. The molecule has 0 fully saturated rings. The zero-order valence-electron chi connectivity index (χ0n) is 16.7. The molecular weight excluding hydrogens is 383 g/mol. The number of carbonyl (C=O) groups is 1. The second-order valence-corrected chi connectivity index (χ2v) is 6.56. The first-order chi connectivity index (χ1) is 14.6. The van der Waals surface area contributed by atoms with Crippen molar-refractivity contribution in [1.29, 1.82) is 0 Å². The lowest BCUT2D eigenvalue weighted by Crippen LogP contribution is -2.17. The highest BCUT2D eigenvalue weighted by atomic mass is 19.1. The summed E-state index contributed by atoms with van der Waals surface area (Å²) >= 11 is 0. The number of nitrogens with one attached hydrogen (secondary N) is 1. The molecule has 6 heteroatoms. The van der Waals surface area contributed by atoms with Crippen LogP contribution in [0.4, 0.5) is 4.39 Å². The molecule has 1 amide bonds. The maximum Gasteiger partial charge on any atom is 0.271 e. The van der Waals surface area contributed by atoms with E-state index in [4.69, 9.17) is 9.47 Å². The summed E-state index contributed by atoms with van der Waals surface area (Å²) in [5.41, 5.74) is 4.70. The van der Waals surface area contributed by atoms with Crippen molar-refractivity contribution in [2.75, 3.05) is 6.61 Å². The molecule has 1 N–H and O–H groups in total. The van der Waals surface area contributed by atoms with Crippen molar-refractivity contribution in [3.8, 4) is 11.5 Å². The van der Waals surface area contributed by atoms with Gasteiger partial charge in [0.15, 0.2) is 0 Å². The van der Waals surface area contributed by atoms with Crippen molar-refractivity contribution in [2.45, 2.75) is 20.0 Å². The number of halogens is 1.